The number of hydrogen-bond acceptors (Lipinski definition) is 5. The minimum absolute atomic E-state index is 0.0513. The first-order valence-corrected chi connectivity index (χ1v) is 16.0. The van der Waals surface area contributed by atoms with Crippen LogP contribution >= 0.6 is 46.4 Å². The van der Waals surface area contributed by atoms with Gasteiger partial charge < -0.3 is 5.32 Å². The molecule has 0 radical (unpaired) electrons. The number of amides is 1. The first-order chi connectivity index (χ1) is 21.2. The molecule has 0 heterocycles. The average molecular weight is 749 g/mol. The molecule has 1 aliphatic carbocycles. The Morgan fingerprint density at radius 1 is 0.913 bits per heavy atom. The molecule has 46 heavy (non-hydrogen) atoms. The van der Waals surface area contributed by atoms with E-state index in [-0.39, 0.29) is 21.3 Å². The Kier molecular flexibility index (Phi) is 10.2. The first kappa shape index (κ1) is 36.0. The average Bonchev–Trinajstić information content (AvgIpc) is 3.55. The van der Waals surface area contributed by atoms with Gasteiger partial charge in [0.25, 0.3) is 9.84 Å². The van der Waals surface area contributed by atoms with Crippen molar-refractivity contribution >= 4 is 79.4 Å². The van der Waals surface area contributed by atoms with E-state index in [0.717, 1.165) is 18.2 Å². The molecule has 246 valence electrons. The number of alkyl halides is 5. The molecule has 3 aromatic carbocycles. The number of carbonyl (C=O) groups excluding carboxylic acids is 3. The maximum absolute atomic E-state index is 15.2. The molecular formula is C29H19Cl4F6NO5S. The molecule has 0 aromatic heterocycles. The Morgan fingerprint density at radius 2 is 1.54 bits per heavy atom. The minimum Gasteiger partial charge on any atom is -0.326 e. The molecule has 0 spiro atoms. The summed E-state index contributed by atoms with van der Waals surface area (Å²) in [7, 11) is -5.96. The summed E-state index contributed by atoms with van der Waals surface area (Å²) in [6.07, 6.45) is -2.11. The summed E-state index contributed by atoms with van der Waals surface area (Å²) in [4.78, 5) is 38.4. The summed E-state index contributed by atoms with van der Waals surface area (Å²) in [6.45, 7) is 0.449. The van der Waals surface area contributed by atoms with Gasteiger partial charge >= 0.3 is 5.51 Å². The molecule has 1 N–H and O–H groups in total. The molecule has 3 atom stereocenters. The number of ketones is 2. The Balaban J connectivity index is 1.51. The third-order valence-electron chi connectivity index (χ3n) is 7.38. The van der Waals surface area contributed by atoms with Crippen molar-refractivity contribution in [3.05, 3.63) is 98.3 Å². The fourth-order valence-corrected chi connectivity index (χ4v) is 6.79. The van der Waals surface area contributed by atoms with Crippen molar-refractivity contribution in [3.63, 3.8) is 0 Å². The van der Waals surface area contributed by atoms with Crippen LogP contribution in [0.15, 0.2) is 48.5 Å². The lowest BCUT2D eigenvalue weighted by molar-refractivity contribution is -0.118. The van der Waals surface area contributed by atoms with E-state index in [1.807, 2.05) is 0 Å². The van der Waals surface area contributed by atoms with Crippen molar-refractivity contribution < 1.29 is 49.1 Å². The number of sulfone groups is 1. The summed E-state index contributed by atoms with van der Waals surface area (Å²) >= 11 is 24.6. The highest BCUT2D eigenvalue weighted by molar-refractivity contribution is 7.93. The monoisotopic (exact) mass is 747 g/mol. The van der Waals surface area contributed by atoms with Crippen molar-refractivity contribution in [2.75, 3.05) is 5.32 Å². The van der Waals surface area contributed by atoms with Crippen LogP contribution in [0.5, 0.6) is 0 Å². The zero-order chi connectivity index (χ0) is 34.5. The number of nitrogens with one attached hydrogen (secondary N) is 1. The lowest BCUT2D eigenvalue weighted by Gasteiger charge is -2.15. The van der Waals surface area contributed by atoms with Gasteiger partial charge in [-0.2, -0.15) is 13.2 Å². The van der Waals surface area contributed by atoms with Gasteiger partial charge in [-0.1, -0.05) is 35.3 Å². The van der Waals surface area contributed by atoms with E-state index < -0.39 is 95.7 Å². The number of benzene rings is 3. The van der Waals surface area contributed by atoms with Gasteiger partial charge in [-0.15, -0.1) is 23.2 Å². The van der Waals surface area contributed by atoms with E-state index in [2.05, 4.69) is 5.32 Å². The molecule has 4 rings (SSSR count). The van der Waals surface area contributed by atoms with Crippen LogP contribution in [0.3, 0.4) is 0 Å². The number of carbonyl (C=O) groups is 3. The van der Waals surface area contributed by atoms with Crippen molar-refractivity contribution in [1.29, 1.82) is 0 Å². The lowest BCUT2D eigenvalue weighted by Crippen LogP contribution is -2.38. The maximum Gasteiger partial charge on any atom is 0.498 e. The predicted octanol–water partition coefficient (Wildman–Crippen LogP) is 7.80. The quantitative estimate of drug-likeness (QED) is 0.130. The van der Waals surface area contributed by atoms with E-state index in [0.29, 0.717) is 18.6 Å². The molecule has 0 saturated heterocycles. The SMILES string of the molecule is CC(C(=O)Cc1c(F)ccc(CC(=O)c2cc(NC(=O)[C@H]3[C@H](c4ccc(F)c(Cl)c4)C3(Cl)Cl)ccc2Cl)c1F)S(=O)(=O)C(F)(F)F. The van der Waals surface area contributed by atoms with Crippen molar-refractivity contribution in [2.24, 2.45) is 5.92 Å². The van der Waals surface area contributed by atoms with Crippen LogP contribution in [-0.2, 0) is 32.3 Å². The molecule has 0 bridgehead atoms. The van der Waals surface area contributed by atoms with E-state index >= 15 is 4.39 Å². The first-order valence-electron chi connectivity index (χ1n) is 12.9. The highest BCUT2D eigenvalue weighted by Crippen LogP contribution is 2.65. The predicted molar refractivity (Wildman–Crippen MR) is 160 cm³/mol. The Labute approximate surface area is 277 Å². The summed E-state index contributed by atoms with van der Waals surface area (Å²) in [5, 5.41) is -0.429. The fraction of sp³-hybridized carbons (Fsp3) is 0.276. The third kappa shape index (κ3) is 7.03. The van der Waals surface area contributed by atoms with Gasteiger partial charge in [-0.25, -0.2) is 21.6 Å². The van der Waals surface area contributed by atoms with Gasteiger partial charge in [0.2, 0.25) is 5.91 Å². The van der Waals surface area contributed by atoms with Crippen molar-refractivity contribution in [2.45, 2.75) is 40.8 Å². The van der Waals surface area contributed by atoms with E-state index in [9.17, 15) is 44.8 Å². The number of halogens is 10. The molecule has 1 fully saturated rings. The zero-order valence-electron chi connectivity index (χ0n) is 23.0. The number of anilines is 1. The zero-order valence-corrected chi connectivity index (χ0v) is 26.8. The molecule has 1 amide bonds. The highest BCUT2D eigenvalue weighted by Gasteiger charge is 2.67. The molecule has 0 aliphatic heterocycles. The summed E-state index contributed by atoms with van der Waals surface area (Å²) in [6, 6.07) is 9.03. The molecular weight excluding hydrogens is 730 g/mol. The standard InChI is InChI=1S/C29H19Cl4F6NO5S/c1-12(46(44,45)29(37,38)39)22(41)11-17-20(34)6-3-14(26(17)36)9-23(42)16-10-15(4-5-18(16)30)40-27(43)25-24(28(25,32)33)13-2-7-21(35)19(31)8-13/h2-8,10,12,24-25H,9,11H2,1H3,(H,40,43)/t12?,24-,25+/m0/s1. The maximum atomic E-state index is 15.2. The minimum atomic E-state index is -5.96. The van der Waals surface area contributed by atoms with Gasteiger partial charge in [0.15, 0.2) is 11.6 Å². The van der Waals surface area contributed by atoms with Crippen LogP contribution in [0, 0.1) is 23.4 Å². The highest BCUT2D eigenvalue weighted by atomic mass is 35.5. The van der Waals surface area contributed by atoms with Gasteiger partial charge in [0.05, 0.1) is 16.0 Å². The van der Waals surface area contributed by atoms with E-state index in [1.165, 1.54) is 24.3 Å². The van der Waals surface area contributed by atoms with Gasteiger partial charge in [0.1, 0.15) is 27.0 Å². The Morgan fingerprint density at radius 3 is 2.15 bits per heavy atom. The third-order valence-corrected chi connectivity index (χ3v) is 10.8. The molecule has 1 aliphatic rings. The number of rotatable bonds is 10. The Bertz CT molecular complexity index is 1870. The number of Topliss-reactive ketones (excluding diaryl/α,β-unsaturated/α-hetero) is 2. The van der Waals surface area contributed by atoms with Crippen LogP contribution in [0.4, 0.5) is 32.0 Å². The van der Waals surface area contributed by atoms with E-state index in [1.54, 1.807) is 0 Å². The second-order valence-corrected chi connectivity index (χ2v) is 14.9. The largest absolute Gasteiger partial charge is 0.498 e. The van der Waals surface area contributed by atoms with Crippen LogP contribution in [0.1, 0.15) is 39.9 Å². The molecule has 3 aromatic rings. The lowest BCUT2D eigenvalue weighted by atomic mass is 9.97. The molecule has 1 unspecified atom stereocenters. The Hall–Kier alpha value is -2.84. The normalized spacial score (nSPS) is 18.2. The second-order valence-electron chi connectivity index (χ2n) is 10.4. The summed E-state index contributed by atoms with van der Waals surface area (Å²) in [5.74, 6) is -8.36. The van der Waals surface area contributed by atoms with Gasteiger partial charge in [-0.3, -0.25) is 14.4 Å². The van der Waals surface area contributed by atoms with Crippen molar-refractivity contribution in [3.8, 4) is 0 Å². The summed E-state index contributed by atoms with van der Waals surface area (Å²) < 4.78 is 103. The molecule has 1 saturated carbocycles. The second kappa shape index (κ2) is 13.0. The fourth-order valence-electron chi connectivity index (χ4n) is 4.71. The van der Waals surface area contributed by atoms with Crippen molar-refractivity contribution in [1.82, 2.24) is 0 Å². The van der Waals surface area contributed by atoms with Crippen LogP contribution < -0.4 is 5.32 Å². The van der Waals surface area contributed by atoms with Gasteiger partial charge in [0, 0.05) is 35.6 Å². The van der Waals surface area contributed by atoms with Crippen LogP contribution in [0.2, 0.25) is 10.0 Å². The number of hydrogen-bond donors (Lipinski definition) is 1. The smallest absolute Gasteiger partial charge is 0.326 e. The molecule has 6 nitrogen and oxygen atoms in total. The van der Waals surface area contributed by atoms with Crippen LogP contribution in [0.25, 0.3) is 0 Å². The summed E-state index contributed by atoms with van der Waals surface area (Å²) in [5.41, 5.74) is -7.03. The topological polar surface area (TPSA) is 97.4 Å². The van der Waals surface area contributed by atoms with Gasteiger partial charge in [-0.05, 0) is 54.4 Å². The van der Waals surface area contributed by atoms with Crippen LogP contribution in [-0.4, -0.2) is 41.0 Å². The van der Waals surface area contributed by atoms with E-state index in [4.69, 9.17) is 46.4 Å². The molecule has 17 heteroatoms.